The molecule has 2 aromatic carbocycles. The van der Waals surface area contributed by atoms with Gasteiger partial charge in [0.2, 0.25) is 0 Å². The molecule has 20 heteroatoms. The molecule has 4 saturated heterocycles. The number of alkyl halides is 7. The van der Waals surface area contributed by atoms with Gasteiger partial charge in [0.15, 0.2) is 5.82 Å². The van der Waals surface area contributed by atoms with Crippen LogP contribution in [0.2, 0.25) is 0 Å². The molecule has 3 atom stereocenters. The number of thiophene rings is 1. The molecule has 4 fully saturated rings. The van der Waals surface area contributed by atoms with Gasteiger partial charge in [0.1, 0.15) is 40.9 Å². The second-order valence-electron chi connectivity index (χ2n) is 13.7. The van der Waals surface area contributed by atoms with Gasteiger partial charge in [-0.25, -0.2) is 18.0 Å². The molecule has 2 aromatic heterocycles. The number of ether oxygens (including phenoxy) is 1. The van der Waals surface area contributed by atoms with Crippen molar-refractivity contribution in [2.24, 2.45) is 0 Å². The van der Waals surface area contributed by atoms with Crippen LogP contribution in [0.4, 0.5) is 55.1 Å². The number of methoxy groups -OCH3 is 1. The number of carbonyl (C=O) groups is 1. The normalized spacial score (nSPS) is 20.8. The zero-order valence-corrected chi connectivity index (χ0v) is 30.9. The number of hydrogen-bond donors (Lipinski definition) is 2. The van der Waals surface area contributed by atoms with E-state index in [2.05, 4.69) is 20.2 Å². The van der Waals surface area contributed by atoms with Crippen molar-refractivity contribution in [1.82, 2.24) is 24.7 Å². The van der Waals surface area contributed by atoms with E-state index in [0.29, 0.717) is 30.5 Å². The number of amides is 2. The zero-order chi connectivity index (χ0) is 40.7. The van der Waals surface area contributed by atoms with Crippen LogP contribution in [-0.4, -0.2) is 102 Å². The molecule has 4 aromatic rings. The van der Waals surface area contributed by atoms with Crippen molar-refractivity contribution in [3.63, 3.8) is 0 Å². The Morgan fingerprint density at radius 2 is 1.79 bits per heavy atom. The first-order valence-electron chi connectivity index (χ1n) is 17.8. The number of nitrogen functional groups attached to an aromatic ring is 1. The third-order valence-corrected chi connectivity index (χ3v) is 11.1. The number of halogens is 9. The highest BCUT2D eigenvalue weighted by Gasteiger charge is 2.44. The molecular weight excluding hydrogens is 779 g/mol. The van der Waals surface area contributed by atoms with Gasteiger partial charge < -0.3 is 25.6 Å². The summed E-state index contributed by atoms with van der Waals surface area (Å²) in [6.45, 7) is 3.57. The van der Waals surface area contributed by atoms with Crippen LogP contribution in [0.3, 0.4) is 0 Å². The quantitative estimate of drug-likeness (QED) is 0.193. The van der Waals surface area contributed by atoms with E-state index in [4.69, 9.17) is 10.5 Å². The number of benzene rings is 2. The fraction of sp³-hybridized carbons (Fsp3) is 0.500. The molecular formula is C36H37F9N8O2S. The van der Waals surface area contributed by atoms with Gasteiger partial charge in [-0.05, 0) is 63.3 Å². The van der Waals surface area contributed by atoms with Gasteiger partial charge in [-0.3, -0.25) is 4.90 Å². The van der Waals surface area contributed by atoms with Crippen molar-refractivity contribution < 1.29 is 49.0 Å². The minimum atomic E-state index is -5.00. The Hall–Kier alpha value is -4.77. The fourth-order valence-electron chi connectivity index (χ4n) is 7.76. The standard InChI is InChI=1S/C21H14F5N5OS.C8H11F3N2O.C7H12FN/c1-3-29-19-9-6-11(21(24,25)26)14(15(23)16(9)30-20(31-19)32-2)8-4-5-12(22)17-13(8)10(7-27)18(28)33-17;9-8(10,11)5-12-4-6-2-1-3-13(6)7(12)14;8-6-4-7-2-1-3-9(7)5-6/h4-6H,3,28H2,1-2H3,(H,29,30,31);6H,1-5H2;6-7H,1-5H2/t;6-;/m.0./s1. The number of anilines is 2. The largest absolute Gasteiger partial charge is 0.467 e. The lowest BCUT2D eigenvalue weighted by atomic mass is 9.92. The fourth-order valence-corrected chi connectivity index (χ4v) is 8.71. The molecule has 56 heavy (non-hydrogen) atoms. The van der Waals surface area contributed by atoms with Gasteiger partial charge in [-0.15, -0.1) is 11.3 Å². The molecule has 0 spiro atoms. The number of carbonyl (C=O) groups excluding carboxylic acids is 1. The number of aromatic nitrogens is 2. The van der Waals surface area contributed by atoms with Crippen molar-refractivity contribution in [2.45, 2.75) is 69.6 Å². The zero-order valence-electron chi connectivity index (χ0n) is 30.1. The van der Waals surface area contributed by atoms with Crippen LogP contribution < -0.4 is 15.8 Å². The van der Waals surface area contributed by atoms with Gasteiger partial charge >= 0.3 is 24.4 Å². The van der Waals surface area contributed by atoms with E-state index < -0.39 is 59.4 Å². The summed E-state index contributed by atoms with van der Waals surface area (Å²) >= 11 is 0.698. The molecule has 2 unspecified atom stereocenters. The lowest BCUT2D eigenvalue weighted by Crippen LogP contribution is -2.38. The van der Waals surface area contributed by atoms with E-state index in [1.807, 2.05) is 0 Å². The number of nitrogens with two attached hydrogens (primary N) is 1. The third-order valence-electron chi connectivity index (χ3n) is 10.1. The summed E-state index contributed by atoms with van der Waals surface area (Å²) in [4.78, 5) is 24.0. The van der Waals surface area contributed by atoms with Crippen LogP contribution in [0.1, 0.15) is 50.2 Å². The Balaban J connectivity index is 0.000000186. The van der Waals surface area contributed by atoms with Crippen molar-refractivity contribution in [3.05, 3.63) is 41.0 Å². The average molecular weight is 817 g/mol. The number of rotatable bonds is 5. The van der Waals surface area contributed by atoms with Gasteiger partial charge in [0, 0.05) is 48.6 Å². The highest BCUT2D eigenvalue weighted by Crippen LogP contribution is 2.47. The van der Waals surface area contributed by atoms with Crippen LogP contribution >= 0.6 is 11.3 Å². The van der Waals surface area contributed by atoms with Crippen LogP contribution in [0.25, 0.3) is 32.1 Å². The summed E-state index contributed by atoms with van der Waals surface area (Å²) in [6, 6.07) is 4.31. The molecule has 0 aliphatic carbocycles. The molecule has 0 bridgehead atoms. The van der Waals surface area contributed by atoms with E-state index in [-0.39, 0.29) is 62.6 Å². The Kier molecular flexibility index (Phi) is 11.7. The van der Waals surface area contributed by atoms with Gasteiger partial charge in [-0.1, -0.05) is 6.07 Å². The highest BCUT2D eigenvalue weighted by atomic mass is 32.1. The van der Waals surface area contributed by atoms with Gasteiger partial charge in [0.25, 0.3) is 0 Å². The van der Waals surface area contributed by atoms with Crippen LogP contribution in [0, 0.1) is 23.0 Å². The first-order chi connectivity index (χ1) is 26.4. The SMILES string of the molecule is CCNc1nc(OC)nc2c(F)c(-c3ccc(F)c4sc(N)c(C#N)c34)c(C(F)(F)F)cc12.FC1CC2CCCN2C1.O=C1N(CC(F)(F)F)C[C@@H]2CCCN12. The molecule has 2 amide bonds. The molecule has 0 saturated carbocycles. The maximum Gasteiger partial charge on any atom is 0.417 e. The van der Waals surface area contributed by atoms with E-state index in [1.54, 1.807) is 17.9 Å². The van der Waals surface area contributed by atoms with E-state index in [9.17, 15) is 45.2 Å². The summed E-state index contributed by atoms with van der Waals surface area (Å²) in [7, 11) is 1.23. The molecule has 302 valence electrons. The summed E-state index contributed by atoms with van der Waals surface area (Å²) in [5, 5.41) is 11.8. The summed E-state index contributed by atoms with van der Waals surface area (Å²) in [5.74, 6) is -2.15. The van der Waals surface area contributed by atoms with Crippen LogP contribution in [0.5, 0.6) is 6.01 Å². The third kappa shape index (κ3) is 8.19. The molecule has 8 rings (SSSR count). The number of hydrogen-bond acceptors (Lipinski definition) is 9. The smallest absolute Gasteiger partial charge is 0.417 e. The maximum absolute atomic E-state index is 15.9. The summed E-state index contributed by atoms with van der Waals surface area (Å²) < 4.78 is 126. The predicted octanol–water partition coefficient (Wildman–Crippen LogP) is 8.34. The Labute approximate surface area is 319 Å². The second-order valence-corrected chi connectivity index (χ2v) is 14.8. The van der Waals surface area contributed by atoms with Crippen molar-refractivity contribution in [2.75, 3.05) is 57.4 Å². The van der Waals surface area contributed by atoms with Crippen LogP contribution in [0.15, 0.2) is 18.2 Å². The van der Waals surface area contributed by atoms with Crippen LogP contribution in [-0.2, 0) is 6.18 Å². The number of urea groups is 1. The Morgan fingerprint density at radius 3 is 2.41 bits per heavy atom. The summed E-state index contributed by atoms with van der Waals surface area (Å²) in [6.07, 6.45) is -4.72. The second kappa shape index (κ2) is 16.0. The maximum atomic E-state index is 15.9. The van der Waals surface area contributed by atoms with E-state index >= 15 is 4.39 Å². The topological polar surface area (TPSA) is 124 Å². The minimum absolute atomic E-state index is 0.0184. The molecule has 4 aliphatic rings. The van der Waals surface area contributed by atoms with Crippen molar-refractivity contribution in [1.29, 1.82) is 5.26 Å². The molecule has 4 aliphatic heterocycles. The number of nitrogens with zero attached hydrogens (tertiary/aromatic N) is 6. The molecule has 6 heterocycles. The monoisotopic (exact) mass is 816 g/mol. The number of fused-ring (bicyclic) bond motifs is 4. The average Bonchev–Trinajstić information content (AvgIpc) is 3.95. The van der Waals surface area contributed by atoms with Gasteiger partial charge in [0.05, 0.1) is 29.0 Å². The first-order valence-corrected chi connectivity index (χ1v) is 18.6. The molecule has 10 nitrogen and oxygen atoms in total. The Bertz CT molecular complexity index is 2140. The van der Waals surface area contributed by atoms with E-state index in [1.165, 1.54) is 20.0 Å². The summed E-state index contributed by atoms with van der Waals surface area (Å²) in [5.41, 5.74) is 2.59. The lowest BCUT2D eigenvalue weighted by Gasteiger charge is -2.18. The first kappa shape index (κ1) is 40.9. The highest BCUT2D eigenvalue weighted by molar-refractivity contribution is 7.23. The van der Waals surface area contributed by atoms with Crippen molar-refractivity contribution in [3.8, 4) is 23.2 Å². The minimum Gasteiger partial charge on any atom is -0.467 e. The number of nitrogens with one attached hydrogen (secondary N) is 1. The van der Waals surface area contributed by atoms with E-state index in [0.717, 1.165) is 48.9 Å². The predicted molar refractivity (Wildman–Crippen MR) is 192 cm³/mol. The lowest BCUT2D eigenvalue weighted by molar-refractivity contribution is -0.139. The number of nitriles is 1. The molecule has 3 N–H and O–H groups in total. The Morgan fingerprint density at radius 1 is 1.07 bits per heavy atom. The molecule has 0 radical (unpaired) electrons. The van der Waals surface area contributed by atoms with Crippen molar-refractivity contribution >= 4 is 49.2 Å². The van der Waals surface area contributed by atoms with Gasteiger partial charge in [-0.2, -0.15) is 41.6 Å².